The smallest absolute Gasteiger partial charge is 0.328 e. The van der Waals surface area contributed by atoms with Gasteiger partial charge in [0.05, 0.1) is 6.42 Å². The van der Waals surface area contributed by atoms with Gasteiger partial charge in [-0.2, -0.15) is 0 Å². The van der Waals surface area contributed by atoms with Gasteiger partial charge in [0.25, 0.3) is 5.56 Å². The van der Waals surface area contributed by atoms with E-state index in [0.717, 1.165) is 36.5 Å². The van der Waals surface area contributed by atoms with Crippen LogP contribution in [0.25, 0.3) is 0 Å². The maximum atomic E-state index is 12.8. The number of H-pyrrole nitrogens is 1. The number of amides is 1. The minimum absolute atomic E-state index is 0.0342. The summed E-state index contributed by atoms with van der Waals surface area (Å²) < 4.78 is 1.01. The molecule has 1 saturated carbocycles. The predicted molar refractivity (Wildman–Crippen MR) is 100 cm³/mol. The van der Waals surface area contributed by atoms with Gasteiger partial charge in [-0.15, -0.1) is 0 Å². The third-order valence-corrected chi connectivity index (χ3v) is 5.66. The molecule has 0 radical (unpaired) electrons. The monoisotopic (exact) mass is 362 g/mol. The number of carbonyl (C=O) groups is 1. The Kier molecular flexibility index (Phi) is 5.65. The Bertz CT molecular complexity index is 763. The van der Waals surface area contributed by atoms with E-state index in [2.05, 4.69) is 23.7 Å². The van der Waals surface area contributed by atoms with Crippen LogP contribution in [0.1, 0.15) is 38.7 Å². The summed E-state index contributed by atoms with van der Waals surface area (Å²) in [4.78, 5) is 43.5. The lowest BCUT2D eigenvalue weighted by molar-refractivity contribution is -0.131. The van der Waals surface area contributed by atoms with Gasteiger partial charge in [-0.1, -0.05) is 13.8 Å². The van der Waals surface area contributed by atoms with E-state index in [0.29, 0.717) is 24.1 Å². The number of nitrogens with one attached hydrogen (secondary N) is 1. The van der Waals surface area contributed by atoms with Crippen molar-refractivity contribution in [3.63, 3.8) is 0 Å². The Morgan fingerprint density at radius 3 is 2.65 bits per heavy atom. The first kappa shape index (κ1) is 18.9. The van der Waals surface area contributed by atoms with Gasteiger partial charge in [-0.05, 0) is 31.1 Å². The number of aromatic nitrogens is 2. The molecule has 1 aromatic rings. The second-order valence-corrected chi connectivity index (χ2v) is 8.10. The average molecular weight is 362 g/mol. The SMILES string of the molecule is CC(C)[C@H]1CN(C(=O)Cc2c[nH]c(=O)n(C)c2=O)CCCN1CC1CC1. The largest absolute Gasteiger partial charge is 0.341 e. The molecule has 7 nitrogen and oxygen atoms in total. The van der Waals surface area contributed by atoms with E-state index in [1.54, 1.807) is 0 Å². The number of carbonyl (C=O) groups excluding carboxylic acids is 1. The second-order valence-electron chi connectivity index (χ2n) is 8.10. The highest BCUT2D eigenvalue weighted by molar-refractivity contribution is 5.78. The Morgan fingerprint density at radius 2 is 2.00 bits per heavy atom. The number of hydrogen-bond donors (Lipinski definition) is 1. The molecule has 1 saturated heterocycles. The molecule has 0 bridgehead atoms. The predicted octanol–water partition coefficient (Wildman–Crippen LogP) is 0.585. The summed E-state index contributed by atoms with van der Waals surface area (Å²) >= 11 is 0. The highest BCUT2D eigenvalue weighted by Crippen LogP contribution is 2.31. The molecule has 0 unspecified atom stereocenters. The van der Waals surface area contributed by atoms with Crippen LogP contribution in [0.2, 0.25) is 0 Å². The molecule has 7 heteroatoms. The normalized spacial score (nSPS) is 21.8. The molecular formula is C19H30N4O3. The Balaban J connectivity index is 1.71. The lowest BCUT2D eigenvalue weighted by Gasteiger charge is -2.34. The van der Waals surface area contributed by atoms with Crippen molar-refractivity contribution in [3.8, 4) is 0 Å². The summed E-state index contributed by atoms with van der Waals surface area (Å²) in [6, 6.07) is 0.362. The fraction of sp³-hybridized carbons (Fsp3) is 0.737. The highest BCUT2D eigenvalue weighted by atomic mass is 16.2. The topological polar surface area (TPSA) is 78.4 Å². The van der Waals surface area contributed by atoms with Crippen LogP contribution in [0.15, 0.2) is 15.8 Å². The molecule has 1 amide bonds. The van der Waals surface area contributed by atoms with E-state index in [9.17, 15) is 14.4 Å². The van der Waals surface area contributed by atoms with E-state index in [4.69, 9.17) is 0 Å². The van der Waals surface area contributed by atoms with Crippen LogP contribution >= 0.6 is 0 Å². The van der Waals surface area contributed by atoms with Crippen LogP contribution in [0, 0.1) is 11.8 Å². The van der Waals surface area contributed by atoms with Crippen molar-refractivity contribution < 1.29 is 4.79 Å². The van der Waals surface area contributed by atoms with E-state index >= 15 is 0 Å². The molecule has 1 aromatic heterocycles. The zero-order valence-corrected chi connectivity index (χ0v) is 16.0. The first-order chi connectivity index (χ1) is 12.4. The summed E-state index contributed by atoms with van der Waals surface area (Å²) in [6.45, 7) is 8.06. The summed E-state index contributed by atoms with van der Waals surface area (Å²) in [6.07, 6.45) is 5.04. The first-order valence-electron chi connectivity index (χ1n) is 9.66. The molecule has 26 heavy (non-hydrogen) atoms. The van der Waals surface area contributed by atoms with Gasteiger partial charge in [0, 0.05) is 51.0 Å². The molecule has 1 atom stereocenters. The number of aromatic amines is 1. The Hall–Kier alpha value is -1.89. The lowest BCUT2D eigenvalue weighted by atomic mass is 10.0. The third-order valence-electron chi connectivity index (χ3n) is 5.66. The van der Waals surface area contributed by atoms with Crippen LogP contribution in [0.5, 0.6) is 0 Å². The first-order valence-corrected chi connectivity index (χ1v) is 9.66. The maximum absolute atomic E-state index is 12.8. The molecular weight excluding hydrogens is 332 g/mol. The maximum Gasteiger partial charge on any atom is 0.328 e. The van der Waals surface area contributed by atoms with Crippen molar-refractivity contribution in [3.05, 3.63) is 32.6 Å². The quantitative estimate of drug-likeness (QED) is 0.831. The van der Waals surface area contributed by atoms with Gasteiger partial charge >= 0.3 is 5.69 Å². The zero-order chi connectivity index (χ0) is 18.8. The van der Waals surface area contributed by atoms with E-state index < -0.39 is 11.2 Å². The van der Waals surface area contributed by atoms with Crippen LogP contribution in [-0.4, -0.2) is 57.5 Å². The van der Waals surface area contributed by atoms with Gasteiger partial charge in [-0.3, -0.25) is 19.1 Å². The van der Waals surface area contributed by atoms with Gasteiger partial charge in [-0.25, -0.2) is 4.79 Å². The minimum atomic E-state index is -0.462. The van der Waals surface area contributed by atoms with Gasteiger partial charge < -0.3 is 9.88 Å². The highest BCUT2D eigenvalue weighted by Gasteiger charge is 2.33. The van der Waals surface area contributed by atoms with Crippen molar-refractivity contribution in [1.82, 2.24) is 19.4 Å². The van der Waals surface area contributed by atoms with Gasteiger partial charge in [0.15, 0.2) is 0 Å². The van der Waals surface area contributed by atoms with Crippen molar-refractivity contribution in [2.75, 3.05) is 26.2 Å². The molecule has 1 aliphatic carbocycles. The molecule has 2 fully saturated rings. The Morgan fingerprint density at radius 1 is 1.27 bits per heavy atom. The standard InChI is InChI=1S/C19H30N4O3/c1-13(2)16-12-23(8-4-7-22(16)11-14-5-6-14)17(24)9-15-10-20-19(26)21(3)18(15)25/h10,13-14,16H,4-9,11-12H2,1-3H3,(H,20,26)/t16-/m1/s1. The number of hydrogen-bond acceptors (Lipinski definition) is 4. The summed E-state index contributed by atoms with van der Waals surface area (Å²) in [5.74, 6) is 1.28. The van der Waals surface area contributed by atoms with E-state index in [1.165, 1.54) is 26.1 Å². The number of nitrogens with zero attached hydrogens (tertiary/aromatic N) is 3. The molecule has 2 aliphatic rings. The van der Waals surface area contributed by atoms with Crippen LogP contribution < -0.4 is 11.2 Å². The summed E-state index contributed by atoms with van der Waals surface area (Å²) in [5.41, 5.74) is -0.512. The molecule has 2 heterocycles. The Labute approximate surface area is 154 Å². The van der Waals surface area contributed by atoms with Gasteiger partial charge in [0.1, 0.15) is 0 Å². The lowest BCUT2D eigenvalue weighted by Crippen LogP contribution is -2.47. The second kappa shape index (κ2) is 7.78. The zero-order valence-electron chi connectivity index (χ0n) is 16.0. The summed E-state index contributed by atoms with van der Waals surface area (Å²) in [5, 5.41) is 0. The summed E-state index contributed by atoms with van der Waals surface area (Å²) in [7, 11) is 1.42. The minimum Gasteiger partial charge on any atom is -0.341 e. The molecule has 144 valence electrons. The van der Waals surface area contributed by atoms with E-state index in [1.807, 2.05) is 4.90 Å². The molecule has 0 aromatic carbocycles. The van der Waals surface area contributed by atoms with Gasteiger partial charge in [0.2, 0.25) is 5.91 Å². The molecule has 1 aliphatic heterocycles. The van der Waals surface area contributed by atoms with Crippen LogP contribution in [0.3, 0.4) is 0 Å². The molecule has 3 rings (SSSR count). The van der Waals surface area contributed by atoms with Crippen molar-refractivity contribution >= 4 is 5.91 Å². The van der Waals surface area contributed by atoms with E-state index in [-0.39, 0.29) is 12.3 Å². The van der Waals surface area contributed by atoms with Crippen molar-refractivity contribution in [2.24, 2.45) is 18.9 Å². The average Bonchev–Trinajstić information content (AvgIpc) is 3.42. The van der Waals surface area contributed by atoms with Crippen LogP contribution in [0.4, 0.5) is 0 Å². The molecule has 1 N–H and O–H groups in total. The van der Waals surface area contributed by atoms with Crippen molar-refractivity contribution in [1.29, 1.82) is 0 Å². The van der Waals surface area contributed by atoms with Crippen molar-refractivity contribution in [2.45, 2.75) is 45.6 Å². The molecule has 0 spiro atoms. The van der Waals surface area contributed by atoms with Crippen LogP contribution in [-0.2, 0) is 18.3 Å². The third kappa shape index (κ3) is 4.26. The fourth-order valence-electron chi connectivity index (χ4n) is 3.80. The number of rotatable bonds is 5. The fourth-order valence-corrected chi connectivity index (χ4v) is 3.80.